The van der Waals surface area contributed by atoms with Crippen molar-refractivity contribution < 1.29 is 58.2 Å². The second-order valence-electron chi connectivity index (χ2n) is 17.1. The van der Waals surface area contributed by atoms with E-state index in [2.05, 4.69) is 37.2 Å². The fourth-order valence-electron chi connectivity index (χ4n) is 7.16. The van der Waals surface area contributed by atoms with Crippen LogP contribution in [0.2, 0.25) is 0 Å². The summed E-state index contributed by atoms with van der Waals surface area (Å²) in [6.07, 6.45) is -1.43. The van der Waals surface area contributed by atoms with Crippen molar-refractivity contribution in [2.75, 3.05) is 24.6 Å². The third-order valence-electron chi connectivity index (χ3n) is 11.0. The van der Waals surface area contributed by atoms with Gasteiger partial charge in [0.25, 0.3) is 0 Å². The topological polar surface area (TPSA) is 377 Å². The van der Waals surface area contributed by atoms with Gasteiger partial charge in [-0.2, -0.15) is 0 Å². The normalized spacial score (nSPS) is 25.2. The van der Waals surface area contributed by atoms with Gasteiger partial charge >= 0.3 is 0 Å². The number of nitrogens with zero attached hydrogens (tertiary/aromatic N) is 1. The van der Waals surface area contributed by atoms with Gasteiger partial charge in [0.05, 0.1) is 25.1 Å². The molecule has 15 N–H and O–H groups in total. The number of aliphatic hydroxyl groups is 1. The van der Waals surface area contributed by atoms with Crippen molar-refractivity contribution in [3.05, 3.63) is 29.8 Å². The molecule has 0 radical (unpaired) electrons. The number of hydrogen-bond donors (Lipinski definition) is 12. The summed E-state index contributed by atoms with van der Waals surface area (Å²) in [7, 11) is 2.06. The van der Waals surface area contributed by atoms with Gasteiger partial charge in [-0.15, -0.1) is 0 Å². The Balaban J connectivity index is 2.02. The van der Waals surface area contributed by atoms with Gasteiger partial charge in [-0.1, -0.05) is 67.8 Å². The molecule has 1 aromatic rings. The van der Waals surface area contributed by atoms with Crippen molar-refractivity contribution in [1.82, 2.24) is 42.1 Å². The monoisotopic (exact) mass is 979 g/mol. The van der Waals surface area contributed by atoms with Gasteiger partial charge in [0.15, 0.2) is 0 Å². The van der Waals surface area contributed by atoms with Crippen molar-refractivity contribution in [2.24, 2.45) is 29.0 Å². The van der Waals surface area contributed by atoms with Crippen LogP contribution in [-0.2, 0) is 54.4 Å². The molecule has 0 bridgehead atoms. The Labute approximate surface area is 396 Å². The van der Waals surface area contributed by atoms with Crippen molar-refractivity contribution in [1.29, 1.82) is 0 Å². The van der Waals surface area contributed by atoms with Crippen LogP contribution in [0, 0.1) is 11.8 Å². The average molecular weight is 980 g/mol. The van der Waals surface area contributed by atoms with E-state index in [0.717, 1.165) is 21.6 Å². The van der Waals surface area contributed by atoms with Gasteiger partial charge < -0.3 is 69.5 Å². The largest absolute Gasteiger partial charge is 0.508 e. The molecule has 23 nitrogen and oxygen atoms in total. The molecular weight excluding hydrogens is 915 g/mol. The van der Waals surface area contributed by atoms with Crippen molar-refractivity contribution in [2.45, 2.75) is 128 Å². The zero-order valence-corrected chi connectivity index (χ0v) is 39.8. The Morgan fingerprint density at radius 1 is 0.806 bits per heavy atom. The number of rotatable bonds is 15. The molecule has 10 atom stereocenters. The van der Waals surface area contributed by atoms with E-state index >= 15 is 0 Å². The number of amides is 10. The Hall–Kier alpha value is -5.66. The summed E-state index contributed by atoms with van der Waals surface area (Å²) < 4.78 is 0. The van der Waals surface area contributed by atoms with Crippen LogP contribution in [0.5, 0.6) is 5.75 Å². The Bertz CT molecular complexity index is 1960. The summed E-state index contributed by atoms with van der Waals surface area (Å²) in [5.74, 6) is -9.56. The lowest BCUT2D eigenvalue weighted by atomic mass is 9.96. The number of aliphatic hydroxyl groups excluding tert-OH is 1. The molecule has 2 saturated heterocycles. The van der Waals surface area contributed by atoms with Gasteiger partial charge in [0.2, 0.25) is 59.1 Å². The standard InChI is InChI=1S/C42H65N11O12S2/c1-6-21(4)33-40(63)52-34(22(5)54)41(64)49-28(16-31(44)56)37(60)50-29(19-67-66-18-25(43)35(58)47-27(38(61)51-33)15-23-9-11-24(55)12-10-23)42(65)53-13-7-8-30(53)39(62)48-26(14-20(2)3)36(59)46-17-32(45)57/h9-12,20-22,25-30,33-34,54-55H,6-8,13-19,43H2,1-5H3,(H2,44,56)(H2,45,57)(H,46,59)(H,47,58)(H,48,62)(H,49,64)(H,50,60)(H,51,61)(H,52,63)/t21-,22+,25-,26-,27-,28-,29-,30-,33-,34-/m0/s1. The average Bonchev–Trinajstić information content (AvgIpc) is 3.76. The molecule has 2 fully saturated rings. The lowest BCUT2D eigenvalue weighted by Crippen LogP contribution is -2.63. The lowest BCUT2D eigenvalue weighted by molar-refractivity contribution is -0.142. The minimum absolute atomic E-state index is 0.0405. The number of nitrogens with one attached hydrogen (secondary N) is 7. The van der Waals surface area contributed by atoms with Crippen LogP contribution in [0.25, 0.3) is 0 Å². The molecule has 0 aromatic heterocycles. The van der Waals surface area contributed by atoms with Gasteiger partial charge in [0, 0.05) is 24.5 Å². The van der Waals surface area contributed by atoms with Gasteiger partial charge in [-0.25, -0.2) is 0 Å². The smallest absolute Gasteiger partial charge is 0.246 e. The Morgan fingerprint density at radius 3 is 2.00 bits per heavy atom. The Kier molecular flexibility index (Phi) is 22.1. The molecule has 2 aliphatic heterocycles. The van der Waals surface area contributed by atoms with E-state index in [1.54, 1.807) is 26.0 Å². The molecule has 3 rings (SSSR count). The maximum Gasteiger partial charge on any atom is 0.246 e. The zero-order valence-electron chi connectivity index (χ0n) is 38.2. The van der Waals surface area contributed by atoms with Gasteiger partial charge in [-0.05, 0) is 55.7 Å². The summed E-state index contributed by atoms with van der Waals surface area (Å²) in [5, 5.41) is 38.2. The SMILES string of the molecule is CC[C@H](C)[C@@H]1NC(=O)[C@H](Cc2ccc(O)cc2)NC(=O)[C@@H](N)CSSC[C@@H](C(=O)N2CCC[C@H]2C(=O)N[C@@H](CC(C)C)C(=O)NCC(N)=O)NC(=O)[C@H](CC(N)=O)NC(=O)[C@H]([C@@H](C)O)NC1=O. The van der Waals surface area contributed by atoms with Gasteiger partial charge in [-0.3, -0.25) is 47.9 Å². The van der Waals surface area contributed by atoms with E-state index in [1.165, 1.54) is 24.0 Å². The predicted molar refractivity (Wildman–Crippen MR) is 248 cm³/mol. The molecule has 67 heavy (non-hydrogen) atoms. The highest BCUT2D eigenvalue weighted by atomic mass is 33.1. The van der Waals surface area contributed by atoms with E-state index in [0.29, 0.717) is 18.4 Å². The maximum absolute atomic E-state index is 14.4. The second kappa shape index (κ2) is 26.6. The molecule has 372 valence electrons. The van der Waals surface area contributed by atoms with Gasteiger partial charge in [0.1, 0.15) is 48.0 Å². The van der Waals surface area contributed by atoms with E-state index in [9.17, 15) is 58.2 Å². The lowest BCUT2D eigenvalue weighted by Gasteiger charge is -2.31. The number of aromatic hydroxyl groups is 1. The molecule has 0 aliphatic carbocycles. The molecule has 2 aliphatic rings. The highest BCUT2D eigenvalue weighted by Gasteiger charge is 2.41. The van der Waals surface area contributed by atoms with Crippen LogP contribution in [0.1, 0.15) is 72.3 Å². The highest BCUT2D eigenvalue weighted by Crippen LogP contribution is 2.26. The number of nitrogens with two attached hydrogens (primary N) is 3. The number of primary amides is 2. The molecular formula is C42H65N11O12S2. The summed E-state index contributed by atoms with van der Waals surface area (Å²) in [6.45, 7) is 7.80. The quantitative estimate of drug-likeness (QED) is 0.0759. The van der Waals surface area contributed by atoms with Crippen LogP contribution in [0.4, 0.5) is 0 Å². The molecule has 10 amide bonds. The van der Waals surface area contributed by atoms with E-state index < -0.39 is 132 Å². The third kappa shape index (κ3) is 17.5. The summed E-state index contributed by atoms with van der Waals surface area (Å²) in [6, 6.07) is -5.16. The minimum Gasteiger partial charge on any atom is -0.508 e. The van der Waals surface area contributed by atoms with Crippen molar-refractivity contribution >= 4 is 80.7 Å². The Morgan fingerprint density at radius 2 is 1.40 bits per heavy atom. The number of benzene rings is 1. The van der Waals surface area contributed by atoms with Crippen LogP contribution >= 0.6 is 21.6 Å². The number of phenolic OH excluding ortho intramolecular Hbond substituents is 1. The molecule has 0 saturated carbocycles. The summed E-state index contributed by atoms with van der Waals surface area (Å²) >= 11 is 0. The fourth-order valence-corrected chi connectivity index (χ4v) is 9.44. The number of likely N-dealkylation sites (tertiary alicyclic amines) is 1. The summed E-state index contributed by atoms with van der Waals surface area (Å²) in [5.41, 5.74) is 17.5. The first-order chi connectivity index (χ1) is 31.5. The zero-order chi connectivity index (χ0) is 50.1. The third-order valence-corrected chi connectivity index (χ3v) is 13.5. The minimum atomic E-state index is -1.76. The maximum atomic E-state index is 14.4. The van der Waals surface area contributed by atoms with E-state index in [1.807, 2.05) is 13.8 Å². The van der Waals surface area contributed by atoms with Crippen molar-refractivity contribution in [3.8, 4) is 5.75 Å². The molecule has 25 heteroatoms. The number of carbonyl (C=O) groups excluding carboxylic acids is 10. The van der Waals surface area contributed by atoms with E-state index in [-0.39, 0.29) is 49.0 Å². The number of hydrogen-bond acceptors (Lipinski definition) is 15. The van der Waals surface area contributed by atoms with Crippen LogP contribution in [0.3, 0.4) is 0 Å². The first-order valence-electron chi connectivity index (χ1n) is 22.0. The molecule has 0 spiro atoms. The first-order valence-corrected chi connectivity index (χ1v) is 24.4. The van der Waals surface area contributed by atoms with Crippen LogP contribution in [-0.4, -0.2) is 153 Å². The number of carbonyl (C=O) groups is 10. The highest BCUT2D eigenvalue weighted by molar-refractivity contribution is 8.76. The first kappa shape index (κ1) is 55.7. The predicted octanol–water partition coefficient (Wildman–Crippen LogP) is -3.49. The molecule has 2 heterocycles. The van der Waals surface area contributed by atoms with Crippen LogP contribution in [0.15, 0.2) is 24.3 Å². The van der Waals surface area contributed by atoms with E-state index in [4.69, 9.17) is 17.2 Å². The second-order valence-corrected chi connectivity index (χ2v) is 19.6. The van der Waals surface area contributed by atoms with Crippen molar-refractivity contribution in [3.63, 3.8) is 0 Å². The number of phenols is 1. The molecule has 1 aromatic carbocycles. The summed E-state index contributed by atoms with van der Waals surface area (Å²) in [4.78, 5) is 135. The fraction of sp³-hybridized carbons (Fsp3) is 0.619. The van der Waals surface area contributed by atoms with Crippen LogP contribution < -0.4 is 54.4 Å². The molecule has 0 unspecified atom stereocenters.